The molecule has 7 nitrogen and oxygen atoms in total. The summed E-state index contributed by atoms with van der Waals surface area (Å²) in [5.74, 6) is 0.174. The van der Waals surface area contributed by atoms with E-state index in [2.05, 4.69) is 22.4 Å². The predicted octanol–water partition coefficient (Wildman–Crippen LogP) is 4.65. The Hall–Kier alpha value is -2.43. The predicted molar refractivity (Wildman–Crippen MR) is 125 cm³/mol. The Balaban J connectivity index is 1.36. The zero-order chi connectivity index (χ0) is 21.5. The smallest absolute Gasteiger partial charge is 0.341 e. The first-order valence-corrected chi connectivity index (χ1v) is 12.5. The van der Waals surface area contributed by atoms with Crippen LogP contribution in [0.15, 0.2) is 29.4 Å². The Kier molecular flexibility index (Phi) is 5.45. The lowest BCUT2D eigenvalue weighted by Crippen LogP contribution is -2.17. The van der Waals surface area contributed by atoms with Gasteiger partial charge in [0.15, 0.2) is 5.16 Å². The number of carbonyl (C=O) groups excluding carboxylic acids is 2. The Morgan fingerprint density at radius 1 is 1.29 bits per heavy atom. The summed E-state index contributed by atoms with van der Waals surface area (Å²) in [7, 11) is 1.38. The lowest BCUT2D eigenvalue weighted by atomic mass is 9.88. The standard InChI is InChI=1S/C21H20N4O3S3/c1-11-7-8-12-15(9-11)30-18(17(12)19(27)28-2)22-16(26)10-29-20-23-24-21-25(20)13-5-3-4-6-14(13)31-21/h3-6,11H,7-10H2,1-2H3,(H,22,26)/t11-/m0/s1. The number of methoxy groups -OCH3 is 1. The monoisotopic (exact) mass is 472 g/mol. The molecule has 1 aliphatic carbocycles. The Morgan fingerprint density at radius 3 is 2.97 bits per heavy atom. The van der Waals surface area contributed by atoms with E-state index in [-0.39, 0.29) is 17.6 Å². The number of fused-ring (bicyclic) bond motifs is 4. The number of hydrogen-bond donors (Lipinski definition) is 1. The van der Waals surface area contributed by atoms with Crippen LogP contribution in [-0.4, -0.2) is 39.3 Å². The van der Waals surface area contributed by atoms with E-state index >= 15 is 0 Å². The molecular formula is C21H20N4O3S3. The van der Waals surface area contributed by atoms with Crippen molar-refractivity contribution >= 4 is 66.5 Å². The number of amides is 1. The number of hydrogen-bond acceptors (Lipinski definition) is 8. The molecule has 3 aromatic heterocycles. The second-order valence-corrected chi connectivity index (χ2v) is 10.6. The van der Waals surface area contributed by atoms with Crippen molar-refractivity contribution in [2.75, 3.05) is 18.2 Å². The lowest BCUT2D eigenvalue weighted by molar-refractivity contribution is -0.113. The van der Waals surface area contributed by atoms with Crippen LogP contribution in [0.3, 0.4) is 0 Å². The summed E-state index contributed by atoms with van der Waals surface area (Å²) in [6.07, 6.45) is 2.80. The lowest BCUT2D eigenvalue weighted by Gasteiger charge is -2.18. The fourth-order valence-corrected chi connectivity index (χ4v) is 7.08. The highest BCUT2D eigenvalue weighted by molar-refractivity contribution is 7.99. The number of carbonyl (C=O) groups is 2. The van der Waals surface area contributed by atoms with Gasteiger partial charge in [0.2, 0.25) is 10.9 Å². The number of nitrogens with zero attached hydrogens (tertiary/aromatic N) is 3. The number of aromatic nitrogens is 3. The summed E-state index contributed by atoms with van der Waals surface area (Å²) >= 11 is 4.39. The second kappa shape index (κ2) is 8.25. The number of thiazole rings is 1. The van der Waals surface area contributed by atoms with Crippen molar-refractivity contribution in [2.45, 2.75) is 31.3 Å². The third-order valence-electron chi connectivity index (χ3n) is 5.40. The van der Waals surface area contributed by atoms with E-state index in [4.69, 9.17) is 4.74 Å². The van der Waals surface area contributed by atoms with Gasteiger partial charge in [0, 0.05) is 4.88 Å². The van der Waals surface area contributed by atoms with Gasteiger partial charge in [-0.2, -0.15) is 0 Å². The highest BCUT2D eigenvalue weighted by Gasteiger charge is 2.29. The van der Waals surface area contributed by atoms with E-state index in [1.165, 1.54) is 35.1 Å². The number of thiophene rings is 1. The highest BCUT2D eigenvalue weighted by Crippen LogP contribution is 2.40. The van der Waals surface area contributed by atoms with E-state index < -0.39 is 0 Å². The number of benzene rings is 1. The van der Waals surface area contributed by atoms with Crippen LogP contribution in [0.5, 0.6) is 0 Å². The van der Waals surface area contributed by atoms with E-state index in [1.54, 1.807) is 11.3 Å². The van der Waals surface area contributed by atoms with Crippen LogP contribution in [0.2, 0.25) is 0 Å². The number of ether oxygens (including phenoxy) is 1. The molecule has 0 radical (unpaired) electrons. The van der Waals surface area contributed by atoms with Gasteiger partial charge in [-0.25, -0.2) is 4.79 Å². The molecule has 160 valence electrons. The molecule has 5 rings (SSSR count). The molecule has 0 unspecified atom stereocenters. The first-order valence-electron chi connectivity index (χ1n) is 9.93. The molecule has 0 aliphatic heterocycles. The van der Waals surface area contributed by atoms with Crippen LogP contribution in [0.4, 0.5) is 5.00 Å². The Morgan fingerprint density at radius 2 is 2.13 bits per heavy atom. The molecule has 1 amide bonds. The maximum absolute atomic E-state index is 12.8. The Labute approximate surface area is 190 Å². The summed E-state index contributed by atoms with van der Waals surface area (Å²) in [6, 6.07) is 8.03. The maximum Gasteiger partial charge on any atom is 0.341 e. The van der Waals surface area contributed by atoms with Crippen LogP contribution in [-0.2, 0) is 22.4 Å². The molecule has 0 bridgehead atoms. The average molecular weight is 473 g/mol. The van der Waals surface area contributed by atoms with E-state index in [9.17, 15) is 9.59 Å². The third-order valence-corrected chi connectivity index (χ3v) is 8.51. The SMILES string of the molecule is COC(=O)c1c(NC(=O)CSc2nnc3sc4ccccc4n23)sc2c1CC[C@H](C)C2. The number of esters is 1. The van der Waals surface area contributed by atoms with Crippen molar-refractivity contribution in [2.24, 2.45) is 5.92 Å². The molecule has 4 aromatic rings. The van der Waals surface area contributed by atoms with Gasteiger partial charge in [0.1, 0.15) is 5.00 Å². The molecule has 1 aliphatic rings. The molecule has 1 N–H and O–H groups in total. The highest BCUT2D eigenvalue weighted by atomic mass is 32.2. The summed E-state index contributed by atoms with van der Waals surface area (Å²) in [6.45, 7) is 2.21. The minimum absolute atomic E-state index is 0.171. The minimum atomic E-state index is -0.390. The molecule has 3 heterocycles. The van der Waals surface area contributed by atoms with Crippen molar-refractivity contribution in [1.82, 2.24) is 14.6 Å². The summed E-state index contributed by atoms with van der Waals surface area (Å²) < 4.78 is 8.10. The van der Waals surface area contributed by atoms with Crippen LogP contribution < -0.4 is 5.32 Å². The van der Waals surface area contributed by atoms with Gasteiger partial charge in [0.05, 0.1) is 28.6 Å². The summed E-state index contributed by atoms with van der Waals surface area (Å²) in [4.78, 5) is 27.2. The molecule has 1 aromatic carbocycles. The van der Waals surface area contributed by atoms with E-state index in [0.717, 1.165) is 40.0 Å². The number of thioether (sulfide) groups is 1. The molecule has 0 saturated heterocycles. The van der Waals surface area contributed by atoms with Crippen LogP contribution >= 0.6 is 34.4 Å². The molecule has 0 saturated carbocycles. The zero-order valence-corrected chi connectivity index (χ0v) is 19.5. The molecule has 10 heteroatoms. The maximum atomic E-state index is 12.8. The average Bonchev–Trinajstić information content (AvgIpc) is 3.42. The van der Waals surface area contributed by atoms with Crippen molar-refractivity contribution < 1.29 is 14.3 Å². The Bertz CT molecular complexity index is 1310. The topological polar surface area (TPSA) is 85.6 Å². The number of rotatable bonds is 5. The van der Waals surface area contributed by atoms with Crippen LogP contribution in [0.1, 0.15) is 34.1 Å². The van der Waals surface area contributed by atoms with Gasteiger partial charge in [-0.1, -0.05) is 42.2 Å². The van der Waals surface area contributed by atoms with Gasteiger partial charge >= 0.3 is 5.97 Å². The molecule has 0 fully saturated rings. The fraction of sp³-hybridized carbons (Fsp3) is 0.333. The fourth-order valence-electron chi connectivity index (χ4n) is 3.90. The number of anilines is 1. The van der Waals surface area contributed by atoms with E-state index in [1.807, 2.05) is 28.7 Å². The normalized spacial score (nSPS) is 15.9. The van der Waals surface area contributed by atoms with Crippen LogP contribution in [0.25, 0.3) is 15.2 Å². The number of para-hydroxylation sites is 1. The molecule has 31 heavy (non-hydrogen) atoms. The van der Waals surface area contributed by atoms with E-state index in [0.29, 0.717) is 21.6 Å². The van der Waals surface area contributed by atoms with Gasteiger partial charge < -0.3 is 10.1 Å². The summed E-state index contributed by atoms with van der Waals surface area (Å²) in [5, 5.41) is 12.7. The first kappa shape index (κ1) is 20.5. The molecule has 1 atom stereocenters. The summed E-state index contributed by atoms with van der Waals surface area (Å²) in [5.41, 5.74) is 2.58. The largest absolute Gasteiger partial charge is 0.465 e. The molecular weight excluding hydrogens is 452 g/mol. The zero-order valence-electron chi connectivity index (χ0n) is 17.0. The van der Waals surface area contributed by atoms with Gasteiger partial charge in [-0.15, -0.1) is 21.5 Å². The molecule has 0 spiro atoms. The quantitative estimate of drug-likeness (QED) is 0.336. The van der Waals surface area contributed by atoms with Gasteiger partial charge in [-0.05, 0) is 42.9 Å². The van der Waals surface area contributed by atoms with Crippen molar-refractivity contribution in [3.63, 3.8) is 0 Å². The first-order chi connectivity index (χ1) is 15.0. The third kappa shape index (κ3) is 3.72. The number of nitrogens with one attached hydrogen (secondary N) is 1. The van der Waals surface area contributed by atoms with Crippen molar-refractivity contribution in [3.05, 3.63) is 40.3 Å². The van der Waals surface area contributed by atoms with Crippen LogP contribution in [0, 0.1) is 5.92 Å². The second-order valence-electron chi connectivity index (χ2n) is 7.55. The van der Waals surface area contributed by atoms with Crippen molar-refractivity contribution in [1.29, 1.82) is 0 Å². The minimum Gasteiger partial charge on any atom is -0.465 e. The van der Waals surface area contributed by atoms with Crippen molar-refractivity contribution in [3.8, 4) is 0 Å². The van der Waals surface area contributed by atoms with Gasteiger partial charge in [-0.3, -0.25) is 9.20 Å². The van der Waals surface area contributed by atoms with Gasteiger partial charge in [0.25, 0.3) is 0 Å².